The van der Waals surface area contributed by atoms with Gasteiger partial charge in [0.15, 0.2) is 0 Å². The molecule has 0 unspecified atom stereocenters. The highest BCUT2D eigenvalue weighted by molar-refractivity contribution is 5.67. The van der Waals surface area contributed by atoms with Gasteiger partial charge in [-0.1, -0.05) is 24.3 Å². The van der Waals surface area contributed by atoms with E-state index >= 15 is 0 Å². The van der Waals surface area contributed by atoms with Crippen LogP contribution in [0.4, 0.5) is 0 Å². The van der Waals surface area contributed by atoms with Crippen molar-refractivity contribution in [2.24, 2.45) is 0 Å². The third-order valence-corrected chi connectivity index (χ3v) is 5.99. The number of hydrogen-bond acceptors (Lipinski definition) is 4. The van der Waals surface area contributed by atoms with Crippen LogP contribution in [-0.2, 0) is 11.2 Å². The highest BCUT2D eigenvalue weighted by Crippen LogP contribution is 2.44. The van der Waals surface area contributed by atoms with Gasteiger partial charge in [0.25, 0.3) is 0 Å². The molecule has 0 bridgehead atoms. The van der Waals surface area contributed by atoms with Crippen LogP contribution in [0, 0.1) is 11.3 Å². The monoisotopic (exact) mass is 429 g/mol. The second kappa shape index (κ2) is 8.44. The predicted molar refractivity (Wildman–Crippen MR) is 126 cm³/mol. The van der Waals surface area contributed by atoms with Crippen LogP contribution in [0.3, 0.4) is 0 Å². The van der Waals surface area contributed by atoms with E-state index in [4.69, 9.17) is 19.7 Å². The average Bonchev–Trinajstić information content (AvgIpc) is 3.17. The second-order valence-corrected chi connectivity index (χ2v) is 9.79. The van der Waals surface area contributed by atoms with Gasteiger partial charge in [-0.2, -0.15) is 5.26 Å². The molecule has 0 saturated carbocycles. The lowest BCUT2D eigenvalue weighted by atomic mass is 9.79. The minimum Gasteiger partial charge on any atom is -0.496 e. The van der Waals surface area contributed by atoms with Crippen LogP contribution in [0.5, 0.6) is 5.75 Å². The van der Waals surface area contributed by atoms with Crippen LogP contribution in [0.1, 0.15) is 57.7 Å². The van der Waals surface area contributed by atoms with E-state index < -0.39 is 0 Å². The number of aromatic nitrogens is 2. The van der Waals surface area contributed by atoms with Crippen LogP contribution in [-0.4, -0.2) is 27.9 Å². The lowest BCUT2D eigenvalue weighted by Crippen LogP contribution is -2.44. The number of hydrogen-bond donors (Lipinski definition) is 0. The molecule has 2 heterocycles. The number of methoxy groups -OCH3 is 1. The van der Waals surface area contributed by atoms with E-state index in [9.17, 15) is 0 Å². The molecular formula is C27H31N3O2. The fourth-order valence-corrected chi connectivity index (χ4v) is 5.02. The van der Waals surface area contributed by atoms with Crippen molar-refractivity contribution in [3.05, 3.63) is 66.0 Å². The SMILES string of the molecule is COc1ccccc1-c1nc(C2CC(C)(C)OC(C)(C)C2)cn1-c1cccc(CC#N)c1. The van der Waals surface area contributed by atoms with Gasteiger partial charge in [0.1, 0.15) is 11.6 Å². The first-order valence-corrected chi connectivity index (χ1v) is 11.1. The molecule has 166 valence electrons. The van der Waals surface area contributed by atoms with E-state index in [0.717, 1.165) is 46.9 Å². The molecule has 1 aliphatic rings. The van der Waals surface area contributed by atoms with E-state index in [1.165, 1.54) is 0 Å². The van der Waals surface area contributed by atoms with E-state index in [1.54, 1.807) is 7.11 Å². The normalized spacial score (nSPS) is 17.6. The Hall–Kier alpha value is -3.10. The van der Waals surface area contributed by atoms with Crippen LogP contribution in [0.2, 0.25) is 0 Å². The number of ether oxygens (including phenoxy) is 2. The Balaban J connectivity index is 1.86. The number of nitriles is 1. The van der Waals surface area contributed by atoms with Crippen LogP contribution in [0.15, 0.2) is 54.7 Å². The summed E-state index contributed by atoms with van der Waals surface area (Å²) >= 11 is 0. The summed E-state index contributed by atoms with van der Waals surface area (Å²) in [7, 11) is 1.68. The molecule has 0 aliphatic carbocycles. The topological polar surface area (TPSA) is 60.1 Å². The molecule has 5 nitrogen and oxygen atoms in total. The molecule has 1 aliphatic heterocycles. The summed E-state index contributed by atoms with van der Waals surface area (Å²) in [5.41, 5.74) is 3.54. The smallest absolute Gasteiger partial charge is 0.148 e. The molecule has 0 amide bonds. The summed E-state index contributed by atoms with van der Waals surface area (Å²) in [5.74, 6) is 1.91. The standard InChI is InChI=1S/C27H31N3O2/c1-26(2)16-20(17-27(3,4)32-26)23-18-30(21-10-8-9-19(15-21)13-14-28)25(29-23)22-11-6-7-12-24(22)31-5/h6-12,15,18,20H,13,16-17H2,1-5H3. The summed E-state index contributed by atoms with van der Waals surface area (Å²) in [4.78, 5) is 5.16. The molecule has 5 heteroatoms. The molecule has 1 aromatic heterocycles. The zero-order chi connectivity index (χ0) is 22.9. The summed E-state index contributed by atoms with van der Waals surface area (Å²) in [6, 6.07) is 18.3. The molecule has 1 fully saturated rings. The first kappa shape index (κ1) is 22.1. The highest BCUT2D eigenvalue weighted by Gasteiger charge is 2.41. The van der Waals surface area contributed by atoms with Gasteiger partial charge in [0.2, 0.25) is 0 Å². The second-order valence-electron chi connectivity index (χ2n) is 9.79. The third kappa shape index (κ3) is 4.56. The van der Waals surface area contributed by atoms with Gasteiger partial charge < -0.3 is 9.47 Å². The van der Waals surface area contributed by atoms with Crippen LogP contribution in [0.25, 0.3) is 17.1 Å². The van der Waals surface area contributed by atoms with Crippen molar-refractivity contribution < 1.29 is 9.47 Å². The number of benzene rings is 2. The van der Waals surface area contributed by atoms with E-state index in [1.807, 2.05) is 36.4 Å². The van der Waals surface area contributed by atoms with Gasteiger partial charge in [-0.3, -0.25) is 4.57 Å². The van der Waals surface area contributed by atoms with Gasteiger partial charge in [-0.25, -0.2) is 4.98 Å². The minimum atomic E-state index is -0.215. The maximum absolute atomic E-state index is 9.16. The molecule has 0 spiro atoms. The Kier molecular flexibility index (Phi) is 5.83. The summed E-state index contributed by atoms with van der Waals surface area (Å²) < 4.78 is 14.1. The number of nitrogens with zero attached hydrogens (tertiary/aromatic N) is 3. The molecule has 2 aromatic carbocycles. The zero-order valence-electron chi connectivity index (χ0n) is 19.6. The first-order chi connectivity index (χ1) is 15.2. The fourth-order valence-electron chi connectivity index (χ4n) is 5.02. The Morgan fingerprint density at radius 2 is 1.81 bits per heavy atom. The summed E-state index contributed by atoms with van der Waals surface area (Å²) in [6.07, 6.45) is 4.34. The first-order valence-electron chi connectivity index (χ1n) is 11.1. The van der Waals surface area contributed by atoms with Crippen molar-refractivity contribution >= 4 is 0 Å². The largest absolute Gasteiger partial charge is 0.496 e. The minimum absolute atomic E-state index is 0.215. The lowest BCUT2D eigenvalue weighted by Gasteiger charge is -2.45. The van der Waals surface area contributed by atoms with Gasteiger partial charge in [-0.15, -0.1) is 0 Å². The highest BCUT2D eigenvalue weighted by atomic mass is 16.5. The number of para-hydroxylation sites is 1. The molecule has 0 atom stereocenters. The molecule has 4 rings (SSSR count). The van der Waals surface area contributed by atoms with Crippen molar-refractivity contribution in [1.82, 2.24) is 9.55 Å². The van der Waals surface area contributed by atoms with Crippen molar-refractivity contribution in [3.63, 3.8) is 0 Å². The van der Waals surface area contributed by atoms with E-state index in [2.05, 4.69) is 56.7 Å². The Bertz CT molecular complexity index is 1140. The maximum atomic E-state index is 9.16. The predicted octanol–water partition coefficient (Wildman–Crippen LogP) is 6.07. The van der Waals surface area contributed by atoms with Gasteiger partial charge in [-0.05, 0) is 70.4 Å². The lowest BCUT2D eigenvalue weighted by molar-refractivity contribution is -0.162. The number of rotatable bonds is 5. The van der Waals surface area contributed by atoms with Crippen molar-refractivity contribution in [1.29, 1.82) is 5.26 Å². The van der Waals surface area contributed by atoms with Crippen molar-refractivity contribution in [3.8, 4) is 28.9 Å². The van der Waals surface area contributed by atoms with Crippen molar-refractivity contribution in [2.45, 2.75) is 64.1 Å². The van der Waals surface area contributed by atoms with Gasteiger partial charge >= 0.3 is 0 Å². The fraction of sp³-hybridized carbons (Fsp3) is 0.407. The van der Waals surface area contributed by atoms with Crippen molar-refractivity contribution in [2.75, 3.05) is 7.11 Å². The van der Waals surface area contributed by atoms with Crippen LogP contribution < -0.4 is 4.74 Å². The van der Waals surface area contributed by atoms with Gasteiger partial charge in [0.05, 0.1) is 42.1 Å². The third-order valence-electron chi connectivity index (χ3n) is 5.99. The van der Waals surface area contributed by atoms with Gasteiger partial charge in [0, 0.05) is 17.8 Å². The quantitative estimate of drug-likeness (QED) is 0.494. The molecule has 1 saturated heterocycles. The van der Waals surface area contributed by atoms with Crippen LogP contribution >= 0.6 is 0 Å². The van der Waals surface area contributed by atoms with E-state index in [-0.39, 0.29) is 17.1 Å². The summed E-state index contributed by atoms with van der Waals surface area (Å²) in [5, 5.41) is 9.16. The molecular weight excluding hydrogens is 398 g/mol. The van der Waals surface area contributed by atoms with E-state index in [0.29, 0.717) is 6.42 Å². The Labute approximate surface area is 190 Å². The molecule has 0 radical (unpaired) electrons. The maximum Gasteiger partial charge on any atom is 0.148 e. The Morgan fingerprint density at radius 3 is 2.50 bits per heavy atom. The summed E-state index contributed by atoms with van der Waals surface area (Å²) in [6.45, 7) is 8.63. The molecule has 0 N–H and O–H groups in total. The zero-order valence-corrected chi connectivity index (χ0v) is 19.6. The average molecular weight is 430 g/mol. The Morgan fingerprint density at radius 1 is 1.09 bits per heavy atom. The molecule has 32 heavy (non-hydrogen) atoms. The number of imidazole rings is 1. The molecule has 3 aromatic rings.